The third kappa shape index (κ3) is 5.44. The summed E-state index contributed by atoms with van der Waals surface area (Å²) in [5.41, 5.74) is 0. The molecule has 0 amide bonds. The van der Waals surface area contributed by atoms with Crippen LogP contribution in [0.25, 0.3) is 0 Å². The Morgan fingerprint density at radius 1 is 1.12 bits per heavy atom. The van der Waals surface area contributed by atoms with Crippen molar-refractivity contribution in [3.8, 4) is 0 Å². The number of rotatable bonds is 4. The molecule has 0 radical (unpaired) electrons. The first-order chi connectivity index (χ1) is 7.97. The molecule has 0 bridgehead atoms. The second kappa shape index (κ2) is 6.34. The lowest BCUT2D eigenvalue weighted by Gasteiger charge is -2.28. The van der Waals surface area contributed by atoms with Crippen molar-refractivity contribution in [1.29, 1.82) is 0 Å². The van der Waals surface area contributed by atoms with E-state index in [4.69, 9.17) is 14.2 Å². The van der Waals surface area contributed by atoms with Crippen LogP contribution in [0.4, 0.5) is 0 Å². The Morgan fingerprint density at radius 2 is 1.53 bits per heavy atom. The largest absolute Gasteiger partial charge is 0.463 e. The van der Waals surface area contributed by atoms with E-state index in [1.807, 2.05) is 0 Å². The summed E-state index contributed by atoms with van der Waals surface area (Å²) < 4.78 is 15.0. The van der Waals surface area contributed by atoms with Crippen molar-refractivity contribution in [1.82, 2.24) is 0 Å². The van der Waals surface area contributed by atoms with E-state index in [0.29, 0.717) is 0 Å². The van der Waals surface area contributed by atoms with Crippen molar-refractivity contribution in [2.45, 2.75) is 38.9 Å². The molecule has 0 aromatic rings. The lowest BCUT2D eigenvalue weighted by atomic mass is 10.0. The van der Waals surface area contributed by atoms with Gasteiger partial charge in [-0.05, 0) is 0 Å². The molecule has 0 aliphatic carbocycles. The van der Waals surface area contributed by atoms with Crippen LogP contribution in [0.2, 0.25) is 0 Å². The molecule has 2 atom stereocenters. The van der Waals surface area contributed by atoms with Gasteiger partial charge in [-0.25, -0.2) is 0 Å². The zero-order chi connectivity index (χ0) is 12.8. The Kier molecular flexibility index (Phi) is 5.09. The maximum Gasteiger partial charge on any atom is 0.302 e. The summed E-state index contributed by atoms with van der Waals surface area (Å²) in [5, 5.41) is 0. The van der Waals surface area contributed by atoms with E-state index in [1.54, 1.807) is 0 Å². The molecule has 0 N–H and O–H groups in total. The Bertz CT molecular complexity index is 283. The normalized spacial score (nSPS) is 24.2. The third-order valence-corrected chi connectivity index (χ3v) is 2.24. The van der Waals surface area contributed by atoms with Gasteiger partial charge in [0.05, 0.1) is 12.2 Å². The minimum absolute atomic E-state index is 0.0190. The lowest BCUT2D eigenvalue weighted by molar-refractivity contribution is -0.163. The molecule has 0 aromatic heterocycles. The number of carbonyl (C=O) groups excluding carboxylic acids is 3. The van der Waals surface area contributed by atoms with Gasteiger partial charge in [-0.2, -0.15) is 0 Å². The standard InChI is InChI=1S/C11H16O6/c1-7(12)15-5-10-3-9(14)4-11(17-10)6-16-8(2)13/h10-11H,3-6H2,1-2H3. The molecule has 0 spiro atoms. The summed E-state index contributed by atoms with van der Waals surface area (Å²) in [6.07, 6.45) is -0.435. The SMILES string of the molecule is CC(=O)OCC1CC(=O)CC(COC(C)=O)O1. The molecular weight excluding hydrogens is 228 g/mol. The fourth-order valence-electron chi connectivity index (χ4n) is 1.58. The van der Waals surface area contributed by atoms with Crippen LogP contribution >= 0.6 is 0 Å². The van der Waals surface area contributed by atoms with Gasteiger partial charge in [0.25, 0.3) is 0 Å². The molecule has 1 aliphatic rings. The van der Waals surface area contributed by atoms with Crippen molar-refractivity contribution < 1.29 is 28.6 Å². The topological polar surface area (TPSA) is 78.9 Å². The van der Waals surface area contributed by atoms with E-state index in [9.17, 15) is 14.4 Å². The fourth-order valence-corrected chi connectivity index (χ4v) is 1.58. The minimum Gasteiger partial charge on any atom is -0.463 e. The van der Waals surface area contributed by atoms with Crippen LogP contribution in [0, 0.1) is 0 Å². The Hall–Kier alpha value is -1.43. The van der Waals surface area contributed by atoms with Crippen LogP contribution in [0.5, 0.6) is 0 Å². The van der Waals surface area contributed by atoms with Crippen molar-refractivity contribution in [2.24, 2.45) is 0 Å². The van der Waals surface area contributed by atoms with Crippen LogP contribution < -0.4 is 0 Å². The molecule has 1 heterocycles. The summed E-state index contributed by atoms with van der Waals surface area (Å²) in [6, 6.07) is 0. The second-order valence-corrected chi connectivity index (χ2v) is 3.93. The molecule has 6 heteroatoms. The van der Waals surface area contributed by atoms with E-state index < -0.39 is 24.1 Å². The average molecular weight is 244 g/mol. The van der Waals surface area contributed by atoms with Crippen LogP contribution in [0.15, 0.2) is 0 Å². The highest BCUT2D eigenvalue weighted by Crippen LogP contribution is 2.17. The third-order valence-electron chi connectivity index (χ3n) is 2.24. The highest BCUT2D eigenvalue weighted by Gasteiger charge is 2.29. The van der Waals surface area contributed by atoms with Gasteiger partial charge in [0.1, 0.15) is 19.0 Å². The molecule has 6 nitrogen and oxygen atoms in total. The van der Waals surface area contributed by atoms with Gasteiger partial charge >= 0.3 is 11.9 Å². The van der Waals surface area contributed by atoms with Crippen molar-refractivity contribution in [3.63, 3.8) is 0 Å². The van der Waals surface area contributed by atoms with Crippen LogP contribution in [-0.4, -0.2) is 43.1 Å². The predicted octanol–water partition coefficient (Wildman–Crippen LogP) is 0.229. The molecule has 1 fully saturated rings. The molecule has 1 aliphatic heterocycles. The van der Waals surface area contributed by atoms with E-state index >= 15 is 0 Å². The number of carbonyl (C=O) groups is 3. The van der Waals surface area contributed by atoms with Gasteiger partial charge in [0.2, 0.25) is 0 Å². The quantitative estimate of drug-likeness (QED) is 0.659. The molecule has 0 aromatic carbocycles. The second-order valence-electron chi connectivity index (χ2n) is 3.93. The highest BCUT2D eigenvalue weighted by atomic mass is 16.6. The molecule has 96 valence electrons. The summed E-state index contributed by atoms with van der Waals surface area (Å²) >= 11 is 0. The smallest absolute Gasteiger partial charge is 0.302 e. The first-order valence-corrected chi connectivity index (χ1v) is 5.41. The first kappa shape index (κ1) is 13.6. The van der Waals surface area contributed by atoms with E-state index in [2.05, 4.69) is 0 Å². The van der Waals surface area contributed by atoms with E-state index in [0.717, 1.165) is 0 Å². The van der Waals surface area contributed by atoms with Gasteiger partial charge in [0, 0.05) is 26.7 Å². The summed E-state index contributed by atoms with van der Waals surface area (Å²) in [7, 11) is 0. The Morgan fingerprint density at radius 3 is 1.88 bits per heavy atom. The maximum atomic E-state index is 11.4. The molecule has 17 heavy (non-hydrogen) atoms. The Labute approximate surface area is 99.2 Å². The number of hydrogen-bond acceptors (Lipinski definition) is 6. The van der Waals surface area contributed by atoms with E-state index in [-0.39, 0.29) is 31.8 Å². The zero-order valence-corrected chi connectivity index (χ0v) is 9.93. The zero-order valence-electron chi connectivity index (χ0n) is 9.93. The van der Waals surface area contributed by atoms with Crippen LogP contribution in [-0.2, 0) is 28.6 Å². The molecule has 0 saturated carbocycles. The number of hydrogen-bond donors (Lipinski definition) is 0. The molecule has 2 unspecified atom stereocenters. The first-order valence-electron chi connectivity index (χ1n) is 5.41. The van der Waals surface area contributed by atoms with E-state index in [1.165, 1.54) is 13.8 Å². The average Bonchev–Trinajstić information content (AvgIpc) is 2.23. The highest BCUT2D eigenvalue weighted by molar-refractivity contribution is 5.80. The van der Waals surface area contributed by atoms with Crippen molar-refractivity contribution in [3.05, 3.63) is 0 Å². The number of esters is 2. The van der Waals surface area contributed by atoms with Crippen LogP contribution in [0.1, 0.15) is 26.7 Å². The predicted molar refractivity (Wildman–Crippen MR) is 56.2 cm³/mol. The lowest BCUT2D eigenvalue weighted by Crippen LogP contribution is -2.38. The molecule has 1 saturated heterocycles. The van der Waals surface area contributed by atoms with Gasteiger partial charge in [0.15, 0.2) is 0 Å². The summed E-state index contributed by atoms with van der Waals surface area (Å²) in [4.78, 5) is 32.7. The van der Waals surface area contributed by atoms with Gasteiger partial charge in [-0.1, -0.05) is 0 Å². The number of Topliss-reactive ketones (excluding diaryl/α,β-unsaturated/α-hetero) is 1. The van der Waals surface area contributed by atoms with Gasteiger partial charge < -0.3 is 14.2 Å². The Balaban J connectivity index is 2.38. The summed E-state index contributed by atoms with van der Waals surface area (Å²) in [5.74, 6) is -0.808. The molecule has 1 rings (SSSR count). The monoisotopic (exact) mass is 244 g/mol. The van der Waals surface area contributed by atoms with Crippen molar-refractivity contribution in [2.75, 3.05) is 13.2 Å². The maximum absolute atomic E-state index is 11.4. The minimum atomic E-state index is -0.444. The number of ketones is 1. The number of ether oxygens (including phenoxy) is 3. The van der Waals surface area contributed by atoms with Gasteiger partial charge in [-0.15, -0.1) is 0 Å². The summed E-state index contributed by atoms with van der Waals surface area (Å²) in [6.45, 7) is 2.69. The van der Waals surface area contributed by atoms with Gasteiger partial charge in [-0.3, -0.25) is 14.4 Å². The molecular formula is C11H16O6. The van der Waals surface area contributed by atoms with Crippen molar-refractivity contribution >= 4 is 17.7 Å². The fraction of sp³-hybridized carbons (Fsp3) is 0.727. The van der Waals surface area contributed by atoms with Crippen LogP contribution in [0.3, 0.4) is 0 Å².